The number of rotatable bonds is 6. The van der Waals surface area contributed by atoms with Crippen molar-refractivity contribution in [3.8, 4) is 5.75 Å². The van der Waals surface area contributed by atoms with Crippen LogP contribution in [0, 0.1) is 0 Å². The molecular weight excluding hydrogens is 514 g/mol. The Morgan fingerprint density at radius 3 is 2.13 bits per heavy atom. The quantitative estimate of drug-likeness (QED) is 0.215. The number of carbonyl (C=O) groups excluding carboxylic acids is 4. The summed E-state index contributed by atoms with van der Waals surface area (Å²) in [6.45, 7) is 4.11. The van der Waals surface area contributed by atoms with Gasteiger partial charge in [0.05, 0.1) is 30.5 Å². The van der Waals surface area contributed by atoms with E-state index in [1.807, 2.05) is 12.1 Å². The molecule has 0 atom stereocenters. The number of nitrogens with one attached hydrogen (secondary N) is 1. The summed E-state index contributed by atoms with van der Waals surface area (Å²) in [5.41, 5.74) is 3.31. The van der Waals surface area contributed by atoms with Gasteiger partial charge in [-0.2, -0.15) is 0 Å². The summed E-state index contributed by atoms with van der Waals surface area (Å²) in [6, 6.07) is 19.1. The molecule has 9 heteroatoms. The number of methoxy groups -OCH3 is 1. The maximum atomic E-state index is 13.5. The number of hydrogen-bond donors (Lipinski definition) is 1. The summed E-state index contributed by atoms with van der Waals surface area (Å²) < 4.78 is 5.46. The first kappa shape index (κ1) is 26.0. The summed E-state index contributed by atoms with van der Waals surface area (Å²) in [7, 11) is 1.49. The van der Waals surface area contributed by atoms with E-state index in [1.54, 1.807) is 54.6 Å². The van der Waals surface area contributed by atoms with E-state index in [4.69, 9.17) is 17.0 Å². The van der Waals surface area contributed by atoms with Crippen LogP contribution in [0.15, 0.2) is 72.3 Å². The van der Waals surface area contributed by atoms with Gasteiger partial charge >= 0.3 is 0 Å². The fraction of sp³-hybridized carbons (Fsp3) is 0.167. The van der Waals surface area contributed by atoms with E-state index in [9.17, 15) is 19.2 Å². The van der Waals surface area contributed by atoms with Crippen LogP contribution < -0.4 is 15.0 Å². The number of fused-ring (bicyclic) bond motifs is 1. The van der Waals surface area contributed by atoms with Gasteiger partial charge in [0.25, 0.3) is 23.6 Å². The normalized spacial score (nSPS) is 16.3. The number of ether oxygens (including phenoxy) is 1. The molecule has 0 radical (unpaired) electrons. The van der Waals surface area contributed by atoms with Gasteiger partial charge in [-0.3, -0.25) is 34.3 Å². The molecule has 1 saturated heterocycles. The van der Waals surface area contributed by atoms with Gasteiger partial charge in [0, 0.05) is 5.56 Å². The first-order valence-electron chi connectivity index (χ1n) is 12.3. The number of benzene rings is 3. The molecule has 8 nitrogen and oxygen atoms in total. The average Bonchev–Trinajstić information content (AvgIpc) is 3.16. The van der Waals surface area contributed by atoms with E-state index >= 15 is 0 Å². The van der Waals surface area contributed by atoms with Crippen molar-refractivity contribution in [1.82, 2.24) is 10.2 Å². The van der Waals surface area contributed by atoms with Gasteiger partial charge in [-0.1, -0.05) is 44.2 Å². The fourth-order valence-corrected chi connectivity index (χ4v) is 4.91. The van der Waals surface area contributed by atoms with Crippen LogP contribution in [-0.4, -0.2) is 40.8 Å². The van der Waals surface area contributed by atoms with Gasteiger partial charge < -0.3 is 4.74 Å². The van der Waals surface area contributed by atoms with Gasteiger partial charge in [0.2, 0.25) is 0 Å². The third kappa shape index (κ3) is 4.72. The molecule has 1 fully saturated rings. The molecule has 0 unspecified atom stereocenters. The molecule has 196 valence electrons. The molecule has 39 heavy (non-hydrogen) atoms. The maximum absolute atomic E-state index is 13.5. The Kier molecular flexibility index (Phi) is 6.84. The third-order valence-corrected chi connectivity index (χ3v) is 7.03. The van der Waals surface area contributed by atoms with Gasteiger partial charge in [-0.25, -0.2) is 0 Å². The molecule has 0 saturated carbocycles. The largest absolute Gasteiger partial charge is 0.496 e. The second-order valence-corrected chi connectivity index (χ2v) is 9.90. The lowest BCUT2D eigenvalue weighted by molar-refractivity contribution is -0.122. The maximum Gasteiger partial charge on any atom is 0.270 e. The molecule has 2 aliphatic heterocycles. The molecular formula is C30H25N3O5S. The number of carbonyl (C=O) groups is 4. The van der Waals surface area contributed by atoms with E-state index in [-0.39, 0.29) is 17.2 Å². The zero-order chi connectivity index (χ0) is 27.8. The summed E-state index contributed by atoms with van der Waals surface area (Å²) in [4.78, 5) is 54.5. The summed E-state index contributed by atoms with van der Waals surface area (Å²) >= 11 is 5.31. The Morgan fingerprint density at radius 2 is 1.54 bits per heavy atom. The molecule has 1 N–H and O–H groups in total. The van der Waals surface area contributed by atoms with Crippen LogP contribution in [0.25, 0.3) is 6.08 Å². The van der Waals surface area contributed by atoms with Crippen molar-refractivity contribution >= 4 is 52.7 Å². The Hall–Kier alpha value is -4.63. The SMILES string of the molecule is COc1ccc(/C=C2\C(=O)NC(=S)N(c3ccc(C(C)C)cc3)C2=O)cc1CN1C(=O)c2ccccc2C1=O. The van der Waals surface area contributed by atoms with Crippen molar-refractivity contribution in [1.29, 1.82) is 0 Å². The molecule has 0 spiro atoms. The Labute approximate surface area is 230 Å². The highest BCUT2D eigenvalue weighted by atomic mass is 32.1. The van der Waals surface area contributed by atoms with Crippen molar-refractivity contribution in [2.24, 2.45) is 0 Å². The lowest BCUT2D eigenvalue weighted by Gasteiger charge is -2.29. The lowest BCUT2D eigenvalue weighted by Crippen LogP contribution is -2.54. The first-order valence-corrected chi connectivity index (χ1v) is 12.7. The predicted molar refractivity (Wildman–Crippen MR) is 150 cm³/mol. The van der Waals surface area contributed by atoms with E-state index in [2.05, 4.69) is 19.2 Å². The van der Waals surface area contributed by atoms with Crippen LogP contribution in [0.1, 0.15) is 57.2 Å². The minimum atomic E-state index is -0.613. The predicted octanol–water partition coefficient (Wildman–Crippen LogP) is 4.45. The van der Waals surface area contributed by atoms with E-state index in [1.165, 1.54) is 18.1 Å². The van der Waals surface area contributed by atoms with Crippen molar-refractivity contribution in [2.75, 3.05) is 12.0 Å². The number of anilines is 1. The molecule has 3 aromatic carbocycles. The van der Waals surface area contributed by atoms with Crippen molar-refractivity contribution in [3.63, 3.8) is 0 Å². The molecule has 4 amide bonds. The average molecular weight is 540 g/mol. The number of hydrogen-bond acceptors (Lipinski definition) is 6. The summed E-state index contributed by atoms with van der Waals surface area (Å²) in [6.07, 6.45) is 1.46. The van der Waals surface area contributed by atoms with E-state index < -0.39 is 23.6 Å². The van der Waals surface area contributed by atoms with Gasteiger partial charge in [-0.05, 0) is 71.7 Å². The van der Waals surface area contributed by atoms with Crippen LogP contribution in [-0.2, 0) is 16.1 Å². The zero-order valence-electron chi connectivity index (χ0n) is 21.6. The fourth-order valence-electron chi connectivity index (χ4n) is 4.63. The molecule has 0 aliphatic carbocycles. The van der Waals surface area contributed by atoms with E-state index in [0.29, 0.717) is 39.6 Å². The number of imide groups is 1. The van der Waals surface area contributed by atoms with Crippen molar-refractivity contribution in [3.05, 3.63) is 100 Å². The number of amides is 4. The second-order valence-electron chi connectivity index (χ2n) is 9.52. The Morgan fingerprint density at radius 1 is 0.897 bits per heavy atom. The first-order chi connectivity index (χ1) is 18.7. The standard InChI is InChI=1S/C30H25N3O5S/c1-17(2)19-9-11-21(12-10-19)33-29(37)24(26(34)31-30(33)39)15-18-8-13-25(38-3)20(14-18)16-32-27(35)22-6-4-5-7-23(22)28(32)36/h4-15,17H,16H2,1-3H3,(H,31,34,39)/b24-15+. The number of nitrogens with zero attached hydrogens (tertiary/aromatic N) is 2. The molecule has 2 aliphatic rings. The Bertz CT molecular complexity index is 1540. The second kappa shape index (κ2) is 10.3. The zero-order valence-corrected chi connectivity index (χ0v) is 22.4. The number of thiocarbonyl (C=S) groups is 1. The van der Waals surface area contributed by atoms with Crippen LogP contribution in [0.4, 0.5) is 5.69 Å². The van der Waals surface area contributed by atoms with Crippen molar-refractivity contribution < 1.29 is 23.9 Å². The highest BCUT2D eigenvalue weighted by Crippen LogP contribution is 2.30. The smallest absolute Gasteiger partial charge is 0.270 e. The molecule has 5 rings (SSSR count). The lowest BCUT2D eigenvalue weighted by atomic mass is 10.0. The van der Waals surface area contributed by atoms with E-state index in [0.717, 1.165) is 10.5 Å². The van der Waals surface area contributed by atoms with Crippen molar-refractivity contribution in [2.45, 2.75) is 26.3 Å². The van der Waals surface area contributed by atoms with Crippen LogP contribution in [0.5, 0.6) is 5.75 Å². The Balaban J connectivity index is 1.46. The van der Waals surface area contributed by atoms with Gasteiger partial charge in [0.1, 0.15) is 11.3 Å². The van der Waals surface area contributed by atoms with Crippen LogP contribution in [0.3, 0.4) is 0 Å². The minimum absolute atomic E-state index is 0.000455. The summed E-state index contributed by atoms with van der Waals surface area (Å²) in [5, 5.41) is 2.59. The third-order valence-electron chi connectivity index (χ3n) is 6.74. The summed E-state index contributed by atoms with van der Waals surface area (Å²) in [5.74, 6) is -1.17. The minimum Gasteiger partial charge on any atom is -0.496 e. The molecule has 0 bridgehead atoms. The molecule has 3 aromatic rings. The monoisotopic (exact) mass is 539 g/mol. The molecule has 2 heterocycles. The van der Waals surface area contributed by atoms with Crippen LogP contribution >= 0.6 is 12.2 Å². The topological polar surface area (TPSA) is 96.0 Å². The highest BCUT2D eigenvalue weighted by molar-refractivity contribution is 7.80. The highest BCUT2D eigenvalue weighted by Gasteiger charge is 2.36. The van der Waals surface area contributed by atoms with Crippen LogP contribution in [0.2, 0.25) is 0 Å². The van der Waals surface area contributed by atoms with Gasteiger partial charge in [0.15, 0.2) is 5.11 Å². The molecule has 0 aromatic heterocycles. The van der Waals surface area contributed by atoms with Gasteiger partial charge in [-0.15, -0.1) is 0 Å².